The molecule has 2 heterocycles. The zero-order valence-corrected chi connectivity index (χ0v) is 11.1. The molecule has 2 rings (SSSR count). The van der Waals surface area contributed by atoms with E-state index in [1.54, 1.807) is 0 Å². The van der Waals surface area contributed by atoms with Crippen molar-refractivity contribution in [3.05, 3.63) is 18.7 Å². The highest BCUT2D eigenvalue weighted by atomic mass is 15.3. The zero-order chi connectivity index (χ0) is 13.0. The van der Waals surface area contributed by atoms with Gasteiger partial charge in [0.2, 0.25) is 0 Å². The summed E-state index contributed by atoms with van der Waals surface area (Å²) in [7, 11) is 0. The van der Waals surface area contributed by atoms with Crippen LogP contribution in [0.3, 0.4) is 0 Å². The SMILES string of the molecule is CCCCn1cnc(-c2cnn(CCC)c2)c1N. The first-order chi connectivity index (χ1) is 8.76. The first-order valence-corrected chi connectivity index (χ1v) is 6.59. The van der Waals surface area contributed by atoms with Crippen molar-refractivity contribution < 1.29 is 0 Å². The van der Waals surface area contributed by atoms with Crippen LogP contribution in [-0.4, -0.2) is 19.3 Å². The van der Waals surface area contributed by atoms with Gasteiger partial charge < -0.3 is 10.3 Å². The largest absolute Gasteiger partial charge is 0.383 e. The van der Waals surface area contributed by atoms with Crippen molar-refractivity contribution in [3.63, 3.8) is 0 Å². The number of imidazole rings is 1. The Morgan fingerprint density at radius 2 is 2.06 bits per heavy atom. The Morgan fingerprint density at radius 3 is 2.78 bits per heavy atom. The van der Waals surface area contributed by atoms with Gasteiger partial charge in [0.05, 0.1) is 12.5 Å². The van der Waals surface area contributed by atoms with Crippen LogP contribution in [0.2, 0.25) is 0 Å². The van der Waals surface area contributed by atoms with Gasteiger partial charge >= 0.3 is 0 Å². The molecule has 0 saturated carbocycles. The molecule has 0 fully saturated rings. The molecule has 0 aliphatic heterocycles. The van der Waals surface area contributed by atoms with Crippen molar-refractivity contribution in [1.29, 1.82) is 0 Å². The molecular formula is C13H21N5. The van der Waals surface area contributed by atoms with Crippen LogP contribution in [0.25, 0.3) is 11.3 Å². The van der Waals surface area contributed by atoms with Crippen molar-refractivity contribution in [2.75, 3.05) is 5.73 Å². The van der Waals surface area contributed by atoms with Crippen LogP contribution in [0, 0.1) is 0 Å². The Bertz CT molecular complexity index is 497. The Hall–Kier alpha value is -1.78. The quantitative estimate of drug-likeness (QED) is 0.853. The van der Waals surface area contributed by atoms with Gasteiger partial charge in [-0.1, -0.05) is 20.3 Å². The molecule has 98 valence electrons. The molecule has 0 spiro atoms. The summed E-state index contributed by atoms with van der Waals surface area (Å²) >= 11 is 0. The van der Waals surface area contributed by atoms with Crippen LogP contribution >= 0.6 is 0 Å². The first-order valence-electron chi connectivity index (χ1n) is 6.59. The molecule has 0 aliphatic carbocycles. The van der Waals surface area contributed by atoms with E-state index in [4.69, 9.17) is 5.73 Å². The van der Waals surface area contributed by atoms with Gasteiger partial charge in [-0.3, -0.25) is 4.68 Å². The molecule has 0 radical (unpaired) electrons. The van der Waals surface area contributed by atoms with E-state index in [2.05, 4.69) is 23.9 Å². The summed E-state index contributed by atoms with van der Waals surface area (Å²) in [5.74, 6) is 0.736. The van der Waals surface area contributed by atoms with Crippen LogP contribution < -0.4 is 5.73 Å². The predicted molar refractivity (Wildman–Crippen MR) is 73.1 cm³/mol. The summed E-state index contributed by atoms with van der Waals surface area (Å²) < 4.78 is 3.94. The van der Waals surface area contributed by atoms with Crippen LogP contribution in [0.4, 0.5) is 5.82 Å². The van der Waals surface area contributed by atoms with E-state index in [-0.39, 0.29) is 0 Å². The monoisotopic (exact) mass is 247 g/mol. The smallest absolute Gasteiger partial charge is 0.131 e. The van der Waals surface area contributed by atoms with E-state index in [0.717, 1.165) is 49.4 Å². The van der Waals surface area contributed by atoms with E-state index in [1.165, 1.54) is 0 Å². The van der Waals surface area contributed by atoms with Gasteiger partial charge in [0.15, 0.2) is 0 Å². The lowest BCUT2D eigenvalue weighted by atomic mass is 10.2. The minimum absolute atomic E-state index is 0.736. The maximum atomic E-state index is 6.12. The molecule has 2 N–H and O–H groups in total. The van der Waals surface area contributed by atoms with E-state index in [0.29, 0.717) is 0 Å². The Morgan fingerprint density at radius 1 is 1.22 bits per heavy atom. The van der Waals surface area contributed by atoms with Crippen molar-refractivity contribution in [2.45, 2.75) is 46.2 Å². The number of aryl methyl sites for hydroxylation is 2. The van der Waals surface area contributed by atoms with E-state index < -0.39 is 0 Å². The summed E-state index contributed by atoms with van der Waals surface area (Å²) in [6.07, 6.45) is 9.00. The average molecular weight is 247 g/mol. The Balaban J connectivity index is 2.19. The number of nitrogens with zero attached hydrogens (tertiary/aromatic N) is 4. The van der Waals surface area contributed by atoms with Gasteiger partial charge in [0, 0.05) is 24.8 Å². The lowest BCUT2D eigenvalue weighted by Crippen LogP contribution is -2.01. The number of unbranched alkanes of at least 4 members (excludes halogenated alkanes) is 1. The van der Waals surface area contributed by atoms with Gasteiger partial charge in [-0.25, -0.2) is 4.98 Å². The fraction of sp³-hybridized carbons (Fsp3) is 0.538. The van der Waals surface area contributed by atoms with E-state index in [9.17, 15) is 0 Å². The standard InChI is InChI=1S/C13H21N5/c1-3-5-7-17-10-15-12(13(17)14)11-8-16-18(9-11)6-4-2/h8-10H,3-7,14H2,1-2H3. The maximum absolute atomic E-state index is 6.12. The fourth-order valence-corrected chi connectivity index (χ4v) is 1.96. The Labute approximate surface area is 108 Å². The molecule has 0 aliphatic rings. The van der Waals surface area contributed by atoms with Crippen molar-refractivity contribution >= 4 is 5.82 Å². The lowest BCUT2D eigenvalue weighted by Gasteiger charge is -2.03. The third kappa shape index (κ3) is 2.55. The highest BCUT2D eigenvalue weighted by Gasteiger charge is 2.11. The molecule has 2 aromatic heterocycles. The third-order valence-corrected chi connectivity index (χ3v) is 2.99. The van der Waals surface area contributed by atoms with Crippen LogP contribution in [0.5, 0.6) is 0 Å². The summed E-state index contributed by atoms with van der Waals surface area (Å²) in [5, 5.41) is 4.31. The van der Waals surface area contributed by atoms with Gasteiger partial charge in [-0.15, -0.1) is 0 Å². The minimum atomic E-state index is 0.736. The molecule has 0 bridgehead atoms. The molecule has 0 atom stereocenters. The summed E-state index contributed by atoms with van der Waals surface area (Å²) in [5.41, 5.74) is 7.96. The number of nitrogens with two attached hydrogens (primary N) is 1. The second-order valence-corrected chi connectivity index (χ2v) is 4.52. The predicted octanol–water partition coefficient (Wildman–Crippen LogP) is 2.54. The van der Waals surface area contributed by atoms with E-state index >= 15 is 0 Å². The van der Waals surface area contributed by atoms with Crippen LogP contribution in [0.15, 0.2) is 18.7 Å². The molecule has 0 aromatic carbocycles. The zero-order valence-electron chi connectivity index (χ0n) is 11.1. The number of rotatable bonds is 6. The highest BCUT2D eigenvalue weighted by Crippen LogP contribution is 2.23. The number of hydrogen-bond donors (Lipinski definition) is 1. The third-order valence-electron chi connectivity index (χ3n) is 2.99. The summed E-state index contributed by atoms with van der Waals surface area (Å²) in [4.78, 5) is 4.40. The maximum Gasteiger partial charge on any atom is 0.131 e. The topological polar surface area (TPSA) is 61.7 Å². The van der Waals surface area contributed by atoms with Crippen LogP contribution in [-0.2, 0) is 13.1 Å². The fourth-order valence-electron chi connectivity index (χ4n) is 1.96. The molecule has 0 amide bonds. The first kappa shape index (κ1) is 12.7. The van der Waals surface area contributed by atoms with Crippen molar-refractivity contribution in [2.24, 2.45) is 0 Å². The van der Waals surface area contributed by atoms with Crippen molar-refractivity contribution in [3.8, 4) is 11.3 Å². The number of anilines is 1. The van der Waals surface area contributed by atoms with E-state index in [1.807, 2.05) is 28.0 Å². The number of hydrogen-bond acceptors (Lipinski definition) is 3. The molecular weight excluding hydrogens is 226 g/mol. The second kappa shape index (κ2) is 5.71. The molecule has 18 heavy (non-hydrogen) atoms. The number of aromatic nitrogens is 4. The average Bonchev–Trinajstić information content (AvgIpc) is 2.94. The van der Waals surface area contributed by atoms with Crippen LogP contribution in [0.1, 0.15) is 33.1 Å². The summed E-state index contributed by atoms with van der Waals surface area (Å²) in [6, 6.07) is 0. The highest BCUT2D eigenvalue weighted by molar-refractivity contribution is 5.69. The molecule has 0 unspecified atom stereocenters. The van der Waals surface area contributed by atoms with Gasteiger partial charge in [-0.2, -0.15) is 5.10 Å². The number of nitrogen functional groups attached to an aromatic ring is 1. The second-order valence-electron chi connectivity index (χ2n) is 4.52. The molecule has 2 aromatic rings. The lowest BCUT2D eigenvalue weighted by molar-refractivity contribution is 0.603. The normalized spacial score (nSPS) is 11.0. The Kier molecular flexibility index (Phi) is 4.02. The summed E-state index contributed by atoms with van der Waals surface area (Å²) in [6.45, 7) is 6.16. The molecule has 5 heteroatoms. The molecule has 5 nitrogen and oxygen atoms in total. The van der Waals surface area contributed by atoms with Gasteiger partial charge in [0.1, 0.15) is 11.5 Å². The molecule has 0 saturated heterocycles. The van der Waals surface area contributed by atoms with Crippen molar-refractivity contribution in [1.82, 2.24) is 19.3 Å². The van der Waals surface area contributed by atoms with Gasteiger partial charge in [-0.05, 0) is 12.8 Å². The van der Waals surface area contributed by atoms with Gasteiger partial charge in [0.25, 0.3) is 0 Å². The minimum Gasteiger partial charge on any atom is -0.383 e.